The number of carbonyl (C=O) groups is 1. The van der Waals surface area contributed by atoms with Gasteiger partial charge in [-0.2, -0.15) is 13.2 Å². The number of hydrogen-bond donors (Lipinski definition) is 1. The van der Waals surface area contributed by atoms with Crippen molar-refractivity contribution in [2.45, 2.75) is 6.18 Å². The van der Waals surface area contributed by atoms with Crippen LogP contribution in [0.4, 0.5) is 18.9 Å². The zero-order chi connectivity index (χ0) is 13.2. The number of carbonyl (C=O) groups excluding carboxylic acids is 1. The average molecular weight is 255 g/mol. The van der Waals surface area contributed by atoms with Gasteiger partial charge in [-0.05, 0) is 18.2 Å². The van der Waals surface area contributed by atoms with Crippen molar-refractivity contribution in [1.29, 1.82) is 0 Å². The first kappa shape index (κ1) is 12.2. The van der Waals surface area contributed by atoms with Gasteiger partial charge in [-0.15, -0.1) is 0 Å². The van der Waals surface area contributed by atoms with E-state index in [9.17, 15) is 18.0 Å². The van der Waals surface area contributed by atoms with Crippen LogP contribution in [0.25, 0.3) is 0 Å². The lowest BCUT2D eigenvalue weighted by molar-refractivity contribution is -0.165. The molecule has 3 nitrogen and oxygen atoms in total. The van der Waals surface area contributed by atoms with Gasteiger partial charge in [0.1, 0.15) is 5.75 Å². The molecule has 1 aliphatic heterocycles. The second kappa shape index (κ2) is 4.56. The lowest BCUT2D eigenvalue weighted by atomic mass is 10.2. The molecule has 0 atom stereocenters. The van der Waals surface area contributed by atoms with Crippen molar-refractivity contribution in [1.82, 2.24) is 0 Å². The molecule has 2 rings (SSSR count). The normalized spacial score (nSPS) is 16.5. The molecule has 0 aromatic heterocycles. The summed E-state index contributed by atoms with van der Waals surface area (Å²) in [6, 6.07) is 6.71. The number of hydrogen-bond acceptors (Lipinski definition) is 3. The Balaban J connectivity index is 2.28. The standard InChI is InChI=1S/C12H8F3NO2/c13-12(14,15)11(17)7-8-5-6-18-10-4-2-1-3-9(10)16-8/h1-7,16H/b8-7-. The molecule has 0 amide bonds. The molecule has 94 valence electrons. The molecule has 0 bridgehead atoms. The van der Waals surface area contributed by atoms with E-state index in [0.29, 0.717) is 17.5 Å². The van der Waals surface area contributed by atoms with Gasteiger partial charge in [0, 0.05) is 11.8 Å². The number of ketones is 1. The summed E-state index contributed by atoms with van der Waals surface area (Å²) < 4.78 is 41.5. The van der Waals surface area contributed by atoms with E-state index >= 15 is 0 Å². The van der Waals surface area contributed by atoms with Crippen LogP contribution in [-0.2, 0) is 4.79 Å². The Kier molecular flexibility index (Phi) is 3.10. The summed E-state index contributed by atoms with van der Waals surface area (Å²) in [7, 11) is 0. The molecule has 1 aromatic carbocycles. The first-order chi connectivity index (χ1) is 8.47. The molecule has 0 aliphatic carbocycles. The van der Waals surface area contributed by atoms with E-state index in [0.717, 1.165) is 0 Å². The van der Waals surface area contributed by atoms with Crippen LogP contribution in [0.3, 0.4) is 0 Å². The van der Waals surface area contributed by atoms with Gasteiger partial charge in [-0.25, -0.2) is 0 Å². The van der Waals surface area contributed by atoms with Crippen molar-refractivity contribution < 1.29 is 22.7 Å². The molecule has 6 heteroatoms. The summed E-state index contributed by atoms with van der Waals surface area (Å²) in [5.74, 6) is -1.45. The summed E-state index contributed by atoms with van der Waals surface area (Å²) in [4.78, 5) is 10.8. The maximum atomic E-state index is 12.1. The number of halogens is 3. The predicted octanol–water partition coefficient (Wildman–Crippen LogP) is 3.02. The minimum absolute atomic E-state index is 0.0160. The van der Waals surface area contributed by atoms with Crippen LogP contribution >= 0.6 is 0 Å². The summed E-state index contributed by atoms with van der Waals surface area (Å²) in [5.41, 5.74) is 0.506. The van der Waals surface area contributed by atoms with E-state index < -0.39 is 12.0 Å². The van der Waals surface area contributed by atoms with E-state index in [2.05, 4.69) is 5.32 Å². The Morgan fingerprint density at radius 3 is 2.72 bits per heavy atom. The number of anilines is 1. The molecule has 0 saturated heterocycles. The van der Waals surface area contributed by atoms with Crippen molar-refractivity contribution in [2.24, 2.45) is 0 Å². The average Bonchev–Trinajstić information content (AvgIpc) is 2.49. The largest absolute Gasteiger partial charge is 0.463 e. The molecule has 0 radical (unpaired) electrons. The van der Waals surface area contributed by atoms with E-state index in [1.54, 1.807) is 24.3 Å². The van der Waals surface area contributed by atoms with Gasteiger partial charge >= 0.3 is 6.18 Å². The third kappa shape index (κ3) is 2.71. The molecule has 18 heavy (non-hydrogen) atoms. The Morgan fingerprint density at radius 2 is 2.00 bits per heavy atom. The SMILES string of the molecule is O=C(/C=C1/C=COc2ccccc2N1)C(F)(F)F. The number of fused-ring (bicyclic) bond motifs is 1. The molecule has 0 unspecified atom stereocenters. The van der Waals surface area contributed by atoms with Gasteiger partial charge in [0.05, 0.1) is 11.9 Å². The number of ether oxygens (including phenoxy) is 1. The molecule has 0 spiro atoms. The summed E-state index contributed by atoms with van der Waals surface area (Å²) in [6.45, 7) is 0. The third-order valence-electron chi connectivity index (χ3n) is 2.17. The summed E-state index contributed by atoms with van der Waals surface area (Å²) in [6.07, 6.45) is -1.92. The van der Waals surface area contributed by atoms with E-state index in [1.807, 2.05) is 0 Å². The van der Waals surface area contributed by atoms with Crippen molar-refractivity contribution >= 4 is 11.5 Å². The Bertz CT molecular complexity index is 532. The topological polar surface area (TPSA) is 38.3 Å². The van der Waals surface area contributed by atoms with Crippen LogP contribution in [0, 0.1) is 0 Å². The fourth-order valence-corrected chi connectivity index (χ4v) is 1.36. The Morgan fingerprint density at radius 1 is 1.28 bits per heavy atom. The number of alkyl halides is 3. The van der Waals surface area contributed by atoms with Crippen molar-refractivity contribution in [2.75, 3.05) is 5.32 Å². The number of allylic oxidation sites excluding steroid dienone is 2. The van der Waals surface area contributed by atoms with Gasteiger partial charge in [0.25, 0.3) is 5.78 Å². The van der Waals surface area contributed by atoms with Gasteiger partial charge in [0.15, 0.2) is 0 Å². The molecule has 0 fully saturated rings. The molecule has 1 N–H and O–H groups in total. The third-order valence-corrected chi connectivity index (χ3v) is 2.17. The van der Waals surface area contributed by atoms with E-state index in [-0.39, 0.29) is 5.70 Å². The van der Waals surface area contributed by atoms with Crippen LogP contribution < -0.4 is 10.1 Å². The lowest BCUT2D eigenvalue weighted by Crippen LogP contribution is -2.21. The van der Waals surface area contributed by atoms with Gasteiger partial charge in [-0.1, -0.05) is 12.1 Å². The van der Waals surface area contributed by atoms with Crippen LogP contribution in [-0.4, -0.2) is 12.0 Å². The highest BCUT2D eigenvalue weighted by molar-refractivity contribution is 5.95. The van der Waals surface area contributed by atoms with Crippen molar-refractivity contribution in [3.8, 4) is 5.75 Å². The Labute approximate surface area is 101 Å². The van der Waals surface area contributed by atoms with Gasteiger partial charge < -0.3 is 10.1 Å². The van der Waals surface area contributed by atoms with E-state index in [1.165, 1.54) is 12.3 Å². The van der Waals surface area contributed by atoms with Crippen LogP contribution in [0.2, 0.25) is 0 Å². The second-order valence-corrected chi connectivity index (χ2v) is 3.50. The number of rotatable bonds is 1. The van der Waals surface area contributed by atoms with Gasteiger partial charge in [0.2, 0.25) is 0 Å². The molecular formula is C12H8F3NO2. The highest BCUT2D eigenvalue weighted by Gasteiger charge is 2.36. The predicted molar refractivity (Wildman–Crippen MR) is 59.0 cm³/mol. The maximum absolute atomic E-state index is 12.1. The first-order valence-corrected chi connectivity index (χ1v) is 4.99. The molecule has 1 heterocycles. The quantitative estimate of drug-likeness (QED) is 0.784. The summed E-state index contributed by atoms with van der Waals surface area (Å²) >= 11 is 0. The fraction of sp³-hybridized carbons (Fsp3) is 0.0833. The minimum atomic E-state index is -4.88. The second-order valence-electron chi connectivity index (χ2n) is 3.50. The fourth-order valence-electron chi connectivity index (χ4n) is 1.36. The number of para-hydroxylation sites is 2. The van der Waals surface area contributed by atoms with Crippen LogP contribution in [0.5, 0.6) is 5.75 Å². The zero-order valence-corrected chi connectivity index (χ0v) is 8.99. The van der Waals surface area contributed by atoms with Crippen LogP contribution in [0.15, 0.2) is 48.4 Å². The minimum Gasteiger partial charge on any atom is -0.463 e. The van der Waals surface area contributed by atoms with Crippen LogP contribution in [0.1, 0.15) is 0 Å². The lowest BCUT2D eigenvalue weighted by Gasteiger charge is -2.08. The molecule has 1 aliphatic rings. The smallest absolute Gasteiger partial charge is 0.454 e. The maximum Gasteiger partial charge on any atom is 0.454 e. The molecule has 1 aromatic rings. The van der Waals surface area contributed by atoms with E-state index in [4.69, 9.17) is 4.74 Å². The van der Waals surface area contributed by atoms with Gasteiger partial charge in [-0.3, -0.25) is 4.79 Å². The molecule has 0 saturated carbocycles. The Hall–Kier alpha value is -2.24. The highest BCUT2D eigenvalue weighted by Crippen LogP contribution is 2.28. The highest BCUT2D eigenvalue weighted by atomic mass is 19.4. The number of nitrogens with one attached hydrogen (secondary N) is 1. The molecular weight excluding hydrogens is 247 g/mol. The monoisotopic (exact) mass is 255 g/mol. The summed E-state index contributed by atoms with van der Waals surface area (Å²) in [5, 5.41) is 2.69. The number of benzene rings is 1. The van der Waals surface area contributed by atoms with Crippen molar-refractivity contribution in [3.05, 3.63) is 48.4 Å². The van der Waals surface area contributed by atoms with Crippen molar-refractivity contribution in [3.63, 3.8) is 0 Å². The zero-order valence-electron chi connectivity index (χ0n) is 8.99. The first-order valence-electron chi connectivity index (χ1n) is 4.99.